The molecule has 6 nitrogen and oxygen atoms in total. The van der Waals surface area contributed by atoms with Crippen LogP contribution >= 0.6 is 0 Å². The fourth-order valence-electron chi connectivity index (χ4n) is 3.48. The van der Waals surface area contributed by atoms with Gasteiger partial charge in [0.15, 0.2) is 0 Å². The minimum Gasteiger partial charge on any atom is -0.449 e. The molecule has 0 spiro atoms. The number of rotatable bonds is 7. The third kappa shape index (κ3) is 7.97. The zero-order chi connectivity index (χ0) is 21.7. The third-order valence-electron chi connectivity index (χ3n) is 5.31. The van der Waals surface area contributed by atoms with E-state index in [0.29, 0.717) is 35.8 Å². The zero-order valence-electron chi connectivity index (χ0n) is 18.3. The quantitative estimate of drug-likeness (QED) is 0.679. The summed E-state index contributed by atoms with van der Waals surface area (Å²) in [6.45, 7) is 10.8. The molecule has 7 heteroatoms. The molecule has 0 aromatic heterocycles. The van der Waals surface area contributed by atoms with Crippen LogP contribution in [0, 0.1) is 11.8 Å². The topological polar surface area (TPSA) is 84.5 Å². The van der Waals surface area contributed by atoms with Gasteiger partial charge in [0.1, 0.15) is 0 Å². The van der Waals surface area contributed by atoms with Crippen LogP contribution in [0.3, 0.4) is 0 Å². The second kappa shape index (κ2) is 9.94. The number of alkyl carbamates (subject to hydrolysis) is 1. The number of amides is 1. The summed E-state index contributed by atoms with van der Waals surface area (Å²) >= 11 is 0. The predicted molar refractivity (Wildman–Crippen MR) is 115 cm³/mol. The van der Waals surface area contributed by atoms with Crippen molar-refractivity contribution in [2.24, 2.45) is 11.8 Å². The lowest BCUT2D eigenvalue weighted by Gasteiger charge is -2.28. The molecule has 1 fully saturated rings. The summed E-state index contributed by atoms with van der Waals surface area (Å²) < 4.78 is 33.2. The smallest absolute Gasteiger partial charge is 0.407 e. The molecule has 1 amide bonds. The number of benzene rings is 1. The first-order valence-electron chi connectivity index (χ1n) is 10.5. The van der Waals surface area contributed by atoms with E-state index in [2.05, 4.69) is 23.9 Å². The molecule has 0 radical (unpaired) electrons. The van der Waals surface area contributed by atoms with Crippen LogP contribution in [0.5, 0.6) is 0 Å². The Kier molecular flexibility index (Phi) is 8.11. The van der Waals surface area contributed by atoms with Gasteiger partial charge in [-0.2, -0.15) is 0 Å². The lowest BCUT2D eigenvalue weighted by molar-refractivity contribution is 0.103. The molecule has 1 aromatic carbocycles. The van der Waals surface area contributed by atoms with Crippen LogP contribution in [0.4, 0.5) is 4.79 Å². The summed E-state index contributed by atoms with van der Waals surface area (Å²) in [4.78, 5) is 12.1. The first kappa shape index (κ1) is 23.7. The maximum Gasteiger partial charge on any atom is 0.407 e. The van der Waals surface area contributed by atoms with E-state index in [1.165, 1.54) is 0 Å². The lowest BCUT2D eigenvalue weighted by Crippen LogP contribution is -2.41. The standard InChI is InChI=1S/C22H36N2O4S/c1-16(2)19-10-12-20(13-11-19)29(26,27)23-14-17-6-8-18(9-7-17)15-28-21(25)24-22(3,4)5/h10-13,16-18,23H,6-9,14-15H2,1-5H3,(H,24,25). The Morgan fingerprint density at radius 2 is 1.62 bits per heavy atom. The van der Waals surface area contributed by atoms with Crippen LogP contribution in [-0.2, 0) is 14.8 Å². The molecule has 2 N–H and O–H groups in total. The summed E-state index contributed by atoms with van der Waals surface area (Å²) in [7, 11) is -3.48. The van der Waals surface area contributed by atoms with Gasteiger partial charge in [0.2, 0.25) is 10.0 Å². The molecule has 29 heavy (non-hydrogen) atoms. The van der Waals surface area contributed by atoms with Gasteiger partial charge in [-0.25, -0.2) is 17.9 Å². The largest absolute Gasteiger partial charge is 0.449 e. The maximum absolute atomic E-state index is 12.5. The molecular formula is C22H36N2O4S. The predicted octanol–water partition coefficient (Wildman–Crippen LogP) is 4.42. The van der Waals surface area contributed by atoms with Gasteiger partial charge < -0.3 is 10.1 Å². The normalized spacial score (nSPS) is 20.5. The first-order chi connectivity index (χ1) is 13.5. The fourth-order valence-corrected chi connectivity index (χ4v) is 4.60. The highest BCUT2D eigenvalue weighted by atomic mass is 32.2. The van der Waals surface area contributed by atoms with E-state index >= 15 is 0 Å². The van der Waals surface area contributed by atoms with Crippen LogP contribution in [0.2, 0.25) is 0 Å². The number of carbonyl (C=O) groups excluding carboxylic acids is 1. The molecule has 164 valence electrons. The van der Waals surface area contributed by atoms with Crippen molar-refractivity contribution < 1.29 is 17.9 Å². The Morgan fingerprint density at radius 3 is 2.14 bits per heavy atom. The average Bonchev–Trinajstić information content (AvgIpc) is 2.64. The molecule has 0 aliphatic heterocycles. The summed E-state index contributed by atoms with van der Waals surface area (Å²) in [5.74, 6) is 1.04. The number of sulfonamides is 1. The lowest BCUT2D eigenvalue weighted by atomic mass is 9.82. The molecule has 1 aliphatic carbocycles. The average molecular weight is 425 g/mol. The maximum atomic E-state index is 12.5. The molecular weight excluding hydrogens is 388 g/mol. The van der Waals surface area contributed by atoms with Crippen LogP contribution in [0.1, 0.15) is 71.8 Å². The third-order valence-corrected chi connectivity index (χ3v) is 6.75. The first-order valence-corrected chi connectivity index (χ1v) is 12.0. The Bertz CT molecular complexity index is 759. The van der Waals surface area contributed by atoms with E-state index in [-0.39, 0.29) is 11.6 Å². The molecule has 0 unspecified atom stereocenters. The van der Waals surface area contributed by atoms with Crippen molar-refractivity contribution in [3.63, 3.8) is 0 Å². The van der Waals surface area contributed by atoms with Gasteiger partial charge in [-0.3, -0.25) is 0 Å². The van der Waals surface area contributed by atoms with E-state index in [1.807, 2.05) is 32.9 Å². The summed E-state index contributed by atoms with van der Waals surface area (Å²) in [5.41, 5.74) is 0.821. The summed E-state index contributed by atoms with van der Waals surface area (Å²) in [6.07, 6.45) is 3.38. The second-order valence-corrected chi connectivity index (χ2v) is 11.2. The van der Waals surface area contributed by atoms with Crippen molar-refractivity contribution in [3.8, 4) is 0 Å². The minimum atomic E-state index is -3.48. The number of hydrogen-bond donors (Lipinski definition) is 2. The van der Waals surface area contributed by atoms with Crippen molar-refractivity contribution in [2.75, 3.05) is 13.2 Å². The van der Waals surface area contributed by atoms with E-state index in [4.69, 9.17) is 4.74 Å². The van der Waals surface area contributed by atoms with Gasteiger partial charge in [-0.05, 0) is 81.9 Å². The monoisotopic (exact) mass is 424 g/mol. The van der Waals surface area contributed by atoms with Crippen LogP contribution < -0.4 is 10.0 Å². The van der Waals surface area contributed by atoms with Gasteiger partial charge in [0.25, 0.3) is 0 Å². The number of hydrogen-bond acceptors (Lipinski definition) is 4. The molecule has 0 atom stereocenters. The molecule has 0 bridgehead atoms. The Balaban J connectivity index is 1.74. The Morgan fingerprint density at radius 1 is 1.07 bits per heavy atom. The molecule has 1 aliphatic rings. The van der Waals surface area contributed by atoms with Crippen LogP contribution in [-0.4, -0.2) is 33.2 Å². The molecule has 0 heterocycles. The van der Waals surface area contributed by atoms with Crippen LogP contribution in [0.15, 0.2) is 29.2 Å². The van der Waals surface area contributed by atoms with Gasteiger partial charge >= 0.3 is 6.09 Å². The van der Waals surface area contributed by atoms with Gasteiger partial charge in [-0.1, -0.05) is 26.0 Å². The zero-order valence-corrected chi connectivity index (χ0v) is 19.1. The van der Waals surface area contributed by atoms with Crippen molar-refractivity contribution in [2.45, 2.75) is 76.7 Å². The number of nitrogens with one attached hydrogen (secondary N) is 2. The van der Waals surface area contributed by atoms with E-state index in [0.717, 1.165) is 31.2 Å². The van der Waals surface area contributed by atoms with Gasteiger partial charge in [-0.15, -0.1) is 0 Å². The van der Waals surface area contributed by atoms with Crippen molar-refractivity contribution in [3.05, 3.63) is 29.8 Å². The SMILES string of the molecule is CC(C)c1ccc(S(=O)(=O)NCC2CCC(COC(=O)NC(C)(C)C)CC2)cc1. The molecule has 2 rings (SSSR count). The Hall–Kier alpha value is -1.60. The molecule has 1 saturated carbocycles. The van der Waals surface area contributed by atoms with Crippen molar-refractivity contribution in [1.82, 2.24) is 10.0 Å². The minimum absolute atomic E-state index is 0.305. The fraction of sp³-hybridized carbons (Fsp3) is 0.682. The summed E-state index contributed by atoms with van der Waals surface area (Å²) in [6, 6.07) is 7.10. The highest BCUT2D eigenvalue weighted by molar-refractivity contribution is 7.89. The molecule has 1 aromatic rings. The van der Waals surface area contributed by atoms with Crippen molar-refractivity contribution in [1.29, 1.82) is 0 Å². The number of ether oxygens (including phenoxy) is 1. The second-order valence-electron chi connectivity index (χ2n) is 9.44. The van der Waals surface area contributed by atoms with E-state index in [9.17, 15) is 13.2 Å². The van der Waals surface area contributed by atoms with E-state index in [1.54, 1.807) is 12.1 Å². The van der Waals surface area contributed by atoms with Gasteiger partial charge in [0, 0.05) is 12.1 Å². The highest BCUT2D eigenvalue weighted by Gasteiger charge is 2.25. The highest BCUT2D eigenvalue weighted by Crippen LogP contribution is 2.29. The van der Waals surface area contributed by atoms with Crippen LogP contribution in [0.25, 0.3) is 0 Å². The van der Waals surface area contributed by atoms with Crippen molar-refractivity contribution >= 4 is 16.1 Å². The van der Waals surface area contributed by atoms with E-state index < -0.39 is 10.0 Å². The number of carbonyl (C=O) groups is 1. The summed E-state index contributed by atoms with van der Waals surface area (Å²) in [5, 5.41) is 2.79. The van der Waals surface area contributed by atoms with Gasteiger partial charge in [0.05, 0.1) is 11.5 Å². The molecule has 0 saturated heterocycles. The Labute approximate surface area is 175 Å².